The minimum absolute atomic E-state index is 0.0533. The first-order valence-electron chi connectivity index (χ1n) is 6.00. The molecule has 1 aromatic rings. The SMILES string of the molecule is CC1(C)CCN(S(=O)(=O)c2ccc(CN)nc2)C1. The number of aromatic nitrogens is 1. The highest BCUT2D eigenvalue weighted by atomic mass is 32.2. The molecule has 1 fully saturated rings. The third-order valence-electron chi connectivity index (χ3n) is 3.29. The molecule has 6 heteroatoms. The van der Waals surface area contributed by atoms with Gasteiger partial charge in [-0.25, -0.2) is 8.42 Å². The molecule has 0 aliphatic carbocycles. The number of hydrogen-bond acceptors (Lipinski definition) is 4. The van der Waals surface area contributed by atoms with Gasteiger partial charge < -0.3 is 5.73 Å². The third kappa shape index (κ3) is 2.55. The monoisotopic (exact) mass is 269 g/mol. The molecule has 1 aromatic heterocycles. The van der Waals surface area contributed by atoms with E-state index in [1.165, 1.54) is 10.5 Å². The minimum atomic E-state index is -3.40. The summed E-state index contributed by atoms with van der Waals surface area (Å²) in [7, 11) is -3.40. The Kier molecular flexibility index (Phi) is 3.44. The van der Waals surface area contributed by atoms with E-state index in [4.69, 9.17) is 5.73 Å². The summed E-state index contributed by atoms with van der Waals surface area (Å²) in [4.78, 5) is 4.29. The second-order valence-corrected chi connectivity index (χ2v) is 7.38. The lowest BCUT2D eigenvalue weighted by atomic mass is 9.93. The number of sulfonamides is 1. The highest BCUT2D eigenvalue weighted by Crippen LogP contribution is 2.32. The summed E-state index contributed by atoms with van der Waals surface area (Å²) in [6, 6.07) is 3.24. The van der Waals surface area contributed by atoms with Gasteiger partial charge in [-0.15, -0.1) is 0 Å². The standard InChI is InChI=1S/C12H19N3O2S/c1-12(2)5-6-15(9-12)18(16,17)11-4-3-10(7-13)14-8-11/h3-4,8H,5-7,9,13H2,1-2H3. The van der Waals surface area contributed by atoms with Crippen molar-refractivity contribution in [1.29, 1.82) is 0 Å². The second kappa shape index (κ2) is 4.60. The molecule has 0 saturated carbocycles. The molecule has 0 spiro atoms. The van der Waals surface area contributed by atoms with Gasteiger partial charge in [-0.05, 0) is 24.0 Å². The molecule has 0 unspecified atom stereocenters. The maximum Gasteiger partial charge on any atom is 0.244 e. The van der Waals surface area contributed by atoms with Gasteiger partial charge in [-0.2, -0.15) is 4.31 Å². The molecule has 2 N–H and O–H groups in total. The van der Waals surface area contributed by atoms with E-state index in [9.17, 15) is 8.42 Å². The van der Waals surface area contributed by atoms with Crippen molar-refractivity contribution in [3.05, 3.63) is 24.0 Å². The Labute approximate surface area is 108 Å². The second-order valence-electron chi connectivity index (χ2n) is 5.44. The summed E-state index contributed by atoms with van der Waals surface area (Å²) >= 11 is 0. The van der Waals surface area contributed by atoms with E-state index in [1.807, 2.05) is 0 Å². The van der Waals surface area contributed by atoms with Crippen LogP contribution in [0.1, 0.15) is 26.0 Å². The first-order chi connectivity index (χ1) is 8.35. The molecule has 2 rings (SSSR count). The lowest BCUT2D eigenvalue weighted by Crippen LogP contribution is -2.30. The average Bonchev–Trinajstić information content (AvgIpc) is 2.70. The van der Waals surface area contributed by atoms with Gasteiger partial charge in [0.2, 0.25) is 10.0 Å². The van der Waals surface area contributed by atoms with E-state index < -0.39 is 10.0 Å². The summed E-state index contributed by atoms with van der Waals surface area (Å²) in [5.74, 6) is 0. The summed E-state index contributed by atoms with van der Waals surface area (Å²) in [6.07, 6.45) is 2.28. The van der Waals surface area contributed by atoms with Gasteiger partial charge in [-0.1, -0.05) is 13.8 Å². The molecular formula is C12H19N3O2S. The van der Waals surface area contributed by atoms with Gasteiger partial charge in [-0.3, -0.25) is 4.98 Å². The Hall–Kier alpha value is -0.980. The highest BCUT2D eigenvalue weighted by Gasteiger charge is 2.36. The molecular weight excluding hydrogens is 250 g/mol. The topological polar surface area (TPSA) is 76.3 Å². The van der Waals surface area contributed by atoms with E-state index in [0.29, 0.717) is 25.3 Å². The quantitative estimate of drug-likeness (QED) is 0.886. The van der Waals surface area contributed by atoms with Gasteiger partial charge in [0, 0.05) is 25.8 Å². The maximum atomic E-state index is 12.4. The van der Waals surface area contributed by atoms with Crippen molar-refractivity contribution in [1.82, 2.24) is 9.29 Å². The van der Waals surface area contributed by atoms with Crippen LogP contribution in [0.2, 0.25) is 0 Å². The van der Waals surface area contributed by atoms with Crippen LogP contribution in [0, 0.1) is 5.41 Å². The Bertz CT molecular complexity index is 523. The first kappa shape index (κ1) is 13.5. The molecule has 0 bridgehead atoms. The molecule has 18 heavy (non-hydrogen) atoms. The number of rotatable bonds is 3. The molecule has 0 atom stereocenters. The fraction of sp³-hybridized carbons (Fsp3) is 0.583. The number of nitrogens with zero attached hydrogens (tertiary/aromatic N) is 2. The fourth-order valence-electron chi connectivity index (χ4n) is 2.10. The average molecular weight is 269 g/mol. The largest absolute Gasteiger partial charge is 0.325 e. The lowest BCUT2D eigenvalue weighted by Gasteiger charge is -2.19. The van der Waals surface area contributed by atoms with Gasteiger partial charge in [0.25, 0.3) is 0 Å². The molecule has 0 aromatic carbocycles. The van der Waals surface area contributed by atoms with E-state index in [-0.39, 0.29) is 10.3 Å². The lowest BCUT2D eigenvalue weighted by molar-refractivity contribution is 0.375. The van der Waals surface area contributed by atoms with Crippen molar-refractivity contribution in [2.24, 2.45) is 11.1 Å². The Balaban J connectivity index is 2.25. The van der Waals surface area contributed by atoms with Crippen LogP contribution in [0.3, 0.4) is 0 Å². The van der Waals surface area contributed by atoms with Crippen molar-refractivity contribution in [3.63, 3.8) is 0 Å². The van der Waals surface area contributed by atoms with Crippen LogP contribution in [0.25, 0.3) is 0 Å². The summed E-state index contributed by atoms with van der Waals surface area (Å²) in [5, 5.41) is 0. The zero-order valence-electron chi connectivity index (χ0n) is 10.8. The fourth-order valence-corrected chi connectivity index (χ4v) is 3.68. The minimum Gasteiger partial charge on any atom is -0.325 e. The Morgan fingerprint density at radius 1 is 1.44 bits per heavy atom. The van der Waals surface area contributed by atoms with E-state index >= 15 is 0 Å². The Morgan fingerprint density at radius 2 is 2.17 bits per heavy atom. The highest BCUT2D eigenvalue weighted by molar-refractivity contribution is 7.89. The smallest absolute Gasteiger partial charge is 0.244 e. The number of pyridine rings is 1. The molecule has 2 heterocycles. The molecule has 0 amide bonds. The van der Waals surface area contributed by atoms with Gasteiger partial charge in [0.15, 0.2) is 0 Å². The zero-order chi connectivity index (χ0) is 13.4. The van der Waals surface area contributed by atoms with Crippen LogP contribution in [0.15, 0.2) is 23.2 Å². The van der Waals surface area contributed by atoms with Crippen molar-refractivity contribution < 1.29 is 8.42 Å². The summed E-state index contributed by atoms with van der Waals surface area (Å²) in [5.41, 5.74) is 6.19. The predicted molar refractivity (Wildman–Crippen MR) is 69.3 cm³/mol. The predicted octanol–water partition coefficient (Wildman–Crippen LogP) is 0.961. The van der Waals surface area contributed by atoms with Gasteiger partial charge >= 0.3 is 0 Å². The van der Waals surface area contributed by atoms with Crippen LogP contribution in [-0.2, 0) is 16.6 Å². The van der Waals surface area contributed by atoms with Crippen LogP contribution in [-0.4, -0.2) is 30.8 Å². The van der Waals surface area contributed by atoms with Crippen molar-refractivity contribution in [2.75, 3.05) is 13.1 Å². The van der Waals surface area contributed by atoms with Crippen LogP contribution in [0.5, 0.6) is 0 Å². The first-order valence-corrected chi connectivity index (χ1v) is 7.44. The van der Waals surface area contributed by atoms with Crippen LogP contribution >= 0.6 is 0 Å². The number of nitrogens with two attached hydrogens (primary N) is 1. The molecule has 1 aliphatic rings. The van der Waals surface area contributed by atoms with Crippen LogP contribution in [0.4, 0.5) is 0 Å². The zero-order valence-corrected chi connectivity index (χ0v) is 11.6. The molecule has 1 aliphatic heterocycles. The van der Waals surface area contributed by atoms with Gasteiger partial charge in [0.05, 0.1) is 5.69 Å². The van der Waals surface area contributed by atoms with Crippen LogP contribution < -0.4 is 5.73 Å². The summed E-state index contributed by atoms with van der Waals surface area (Å²) in [6.45, 7) is 5.62. The van der Waals surface area contributed by atoms with E-state index in [1.54, 1.807) is 12.1 Å². The number of hydrogen-bond donors (Lipinski definition) is 1. The van der Waals surface area contributed by atoms with E-state index in [0.717, 1.165) is 6.42 Å². The van der Waals surface area contributed by atoms with Crippen molar-refractivity contribution in [2.45, 2.75) is 31.7 Å². The van der Waals surface area contributed by atoms with Crippen molar-refractivity contribution >= 4 is 10.0 Å². The van der Waals surface area contributed by atoms with Crippen molar-refractivity contribution in [3.8, 4) is 0 Å². The normalized spacial score (nSPS) is 20.2. The summed E-state index contributed by atoms with van der Waals surface area (Å²) < 4.78 is 26.3. The molecule has 5 nitrogen and oxygen atoms in total. The Morgan fingerprint density at radius 3 is 2.61 bits per heavy atom. The molecule has 100 valence electrons. The maximum absolute atomic E-state index is 12.4. The van der Waals surface area contributed by atoms with Gasteiger partial charge in [0.1, 0.15) is 4.90 Å². The molecule has 0 radical (unpaired) electrons. The van der Waals surface area contributed by atoms with E-state index in [2.05, 4.69) is 18.8 Å². The molecule has 1 saturated heterocycles. The third-order valence-corrected chi connectivity index (χ3v) is 5.12.